The van der Waals surface area contributed by atoms with E-state index in [0.29, 0.717) is 5.92 Å². The van der Waals surface area contributed by atoms with Gasteiger partial charge in [0.25, 0.3) is 0 Å². The molecule has 1 aliphatic carbocycles. The van der Waals surface area contributed by atoms with E-state index in [9.17, 15) is 0 Å². The zero-order valence-electron chi connectivity index (χ0n) is 11.6. The van der Waals surface area contributed by atoms with Crippen LogP contribution in [-0.4, -0.2) is 0 Å². The van der Waals surface area contributed by atoms with Gasteiger partial charge in [-0.15, -0.1) is 0 Å². The summed E-state index contributed by atoms with van der Waals surface area (Å²) in [5.74, 6) is 1.60. The standard InChI is InChI=1S/C17H26/c1-13(2)17-12-16(10-9-14(17)3)11-15-7-5-4-6-8-15/h9-10,12-13,15H,4-8,11H2,1-3H3. The molecule has 1 aromatic carbocycles. The molecule has 17 heavy (non-hydrogen) atoms. The van der Waals surface area contributed by atoms with Crippen molar-refractivity contribution < 1.29 is 0 Å². The molecule has 0 unspecified atom stereocenters. The van der Waals surface area contributed by atoms with E-state index in [1.807, 2.05) is 0 Å². The molecule has 0 N–H and O–H groups in total. The number of rotatable bonds is 3. The van der Waals surface area contributed by atoms with Crippen molar-refractivity contribution in [3.05, 3.63) is 34.9 Å². The number of benzene rings is 1. The van der Waals surface area contributed by atoms with E-state index < -0.39 is 0 Å². The van der Waals surface area contributed by atoms with Gasteiger partial charge in [-0.2, -0.15) is 0 Å². The Hall–Kier alpha value is -0.780. The molecule has 1 aromatic rings. The SMILES string of the molecule is Cc1ccc(CC2CCCCC2)cc1C(C)C. The molecule has 0 amide bonds. The smallest absolute Gasteiger partial charge is 0.0216 e. The summed E-state index contributed by atoms with van der Waals surface area (Å²) < 4.78 is 0. The van der Waals surface area contributed by atoms with Gasteiger partial charge in [0.2, 0.25) is 0 Å². The van der Waals surface area contributed by atoms with Crippen LogP contribution >= 0.6 is 0 Å². The maximum absolute atomic E-state index is 2.45. The Balaban J connectivity index is 2.07. The van der Waals surface area contributed by atoms with Crippen LogP contribution in [0.1, 0.15) is 68.6 Å². The van der Waals surface area contributed by atoms with Crippen LogP contribution in [0.2, 0.25) is 0 Å². The lowest BCUT2D eigenvalue weighted by atomic mass is 9.84. The van der Waals surface area contributed by atoms with E-state index in [-0.39, 0.29) is 0 Å². The molecule has 0 atom stereocenters. The summed E-state index contributed by atoms with van der Waals surface area (Å²) in [7, 11) is 0. The van der Waals surface area contributed by atoms with Crippen LogP contribution in [-0.2, 0) is 6.42 Å². The fraction of sp³-hybridized carbons (Fsp3) is 0.647. The van der Waals surface area contributed by atoms with Gasteiger partial charge in [0.05, 0.1) is 0 Å². The van der Waals surface area contributed by atoms with E-state index in [1.54, 1.807) is 11.1 Å². The predicted octanol–water partition coefficient (Wildman–Crippen LogP) is 5.24. The van der Waals surface area contributed by atoms with Gasteiger partial charge in [-0.3, -0.25) is 0 Å². The summed E-state index contributed by atoms with van der Waals surface area (Å²) in [6.07, 6.45) is 8.57. The van der Waals surface area contributed by atoms with Gasteiger partial charge < -0.3 is 0 Å². The third kappa shape index (κ3) is 3.34. The van der Waals surface area contributed by atoms with Gasteiger partial charge in [-0.25, -0.2) is 0 Å². The second-order valence-corrected chi connectivity index (χ2v) is 6.05. The summed E-state index contributed by atoms with van der Waals surface area (Å²) in [4.78, 5) is 0. The van der Waals surface area contributed by atoms with Gasteiger partial charge >= 0.3 is 0 Å². The number of hydrogen-bond acceptors (Lipinski definition) is 0. The molecule has 0 heteroatoms. The summed E-state index contributed by atoms with van der Waals surface area (Å²) in [5.41, 5.74) is 4.55. The minimum atomic E-state index is 0.654. The van der Waals surface area contributed by atoms with Crippen molar-refractivity contribution in [2.24, 2.45) is 5.92 Å². The van der Waals surface area contributed by atoms with Crippen LogP contribution < -0.4 is 0 Å². The monoisotopic (exact) mass is 230 g/mol. The molecule has 0 saturated heterocycles. The van der Waals surface area contributed by atoms with E-state index >= 15 is 0 Å². The zero-order chi connectivity index (χ0) is 12.3. The molecule has 1 fully saturated rings. The van der Waals surface area contributed by atoms with Crippen LogP contribution in [0, 0.1) is 12.8 Å². The maximum atomic E-state index is 2.45. The van der Waals surface area contributed by atoms with Crippen LogP contribution in [0.4, 0.5) is 0 Å². The minimum absolute atomic E-state index is 0.654. The summed E-state index contributed by atoms with van der Waals surface area (Å²) in [5, 5.41) is 0. The first-order valence-corrected chi connectivity index (χ1v) is 7.26. The Morgan fingerprint density at radius 2 is 1.82 bits per heavy atom. The first-order valence-electron chi connectivity index (χ1n) is 7.26. The highest BCUT2D eigenvalue weighted by Crippen LogP contribution is 2.28. The molecule has 0 aliphatic heterocycles. The topological polar surface area (TPSA) is 0 Å². The van der Waals surface area contributed by atoms with E-state index in [1.165, 1.54) is 44.1 Å². The Morgan fingerprint density at radius 1 is 1.12 bits per heavy atom. The van der Waals surface area contributed by atoms with Gasteiger partial charge in [0.1, 0.15) is 0 Å². The van der Waals surface area contributed by atoms with Crippen molar-refractivity contribution >= 4 is 0 Å². The van der Waals surface area contributed by atoms with Gasteiger partial charge in [0, 0.05) is 0 Å². The first kappa shape index (κ1) is 12.7. The summed E-state index contributed by atoms with van der Waals surface area (Å²) in [6.45, 7) is 6.83. The Morgan fingerprint density at radius 3 is 2.47 bits per heavy atom. The number of aryl methyl sites for hydroxylation is 1. The lowest BCUT2D eigenvalue weighted by Crippen LogP contribution is -2.09. The summed E-state index contributed by atoms with van der Waals surface area (Å²) in [6, 6.07) is 7.11. The molecule has 94 valence electrons. The third-order valence-corrected chi connectivity index (χ3v) is 4.21. The van der Waals surface area contributed by atoms with Crippen LogP contribution in [0.25, 0.3) is 0 Å². The van der Waals surface area contributed by atoms with Gasteiger partial charge in [-0.05, 0) is 41.9 Å². The fourth-order valence-corrected chi connectivity index (χ4v) is 3.16. The minimum Gasteiger partial charge on any atom is -0.0588 e. The Labute approximate surface area is 106 Å². The van der Waals surface area contributed by atoms with E-state index in [4.69, 9.17) is 0 Å². The quantitative estimate of drug-likeness (QED) is 0.666. The highest BCUT2D eigenvalue weighted by atomic mass is 14.2. The van der Waals surface area contributed by atoms with E-state index in [2.05, 4.69) is 39.0 Å². The maximum Gasteiger partial charge on any atom is -0.0216 e. The van der Waals surface area contributed by atoms with Crippen LogP contribution in [0.15, 0.2) is 18.2 Å². The lowest BCUT2D eigenvalue weighted by molar-refractivity contribution is 0.356. The molecule has 2 rings (SSSR count). The predicted molar refractivity (Wildman–Crippen MR) is 75.5 cm³/mol. The Bertz CT molecular complexity index is 356. The highest BCUT2D eigenvalue weighted by molar-refractivity contribution is 5.33. The molecule has 1 saturated carbocycles. The second kappa shape index (κ2) is 5.71. The fourth-order valence-electron chi connectivity index (χ4n) is 3.16. The van der Waals surface area contributed by atoms with Gasteiger partial charge in [-0.1, -0.05) is 64.2 Å². The highest BCUT2D eigenvalue weighted by Gasteiger charge is 2.14. The van der Waals surface area contributed by atoms with Crippen LogP contribution in [0.5, 0.6) is 0 Å². The van der Waals surface area contributed by atoms with Crippen molar-refractivity contribution in [1.29, 1.82) is 0 Å². The largest absolute Gasteiger partial charge is 0.0588 e. The lowest BCUT2D eigenvalue weighted by Gasteiger charge is -2.22. The second-order valence-electron chi connectivity index (χ2n) is 6.05. The molecule has 1 aliphatic rings. The zero-order valence-corrected chi connectivity index (χ0v) is 11.6. The van der Waals surface area contributed by atoms with Crippen molar-refractivity contribution in [2.75, 3.05) is 0 Å². The molecular formula is C17H26. The molecule has 0 radical (unpaired) electrons. The molecule has 0 nitrogen and oxygen atoms in total. The third-order valence-electron chi connectivity index (χ3n) is 4.21. The van der Waals surface area contributed by atoms with Crippen LogP contribution in [0.3, 0.4) is 0 Å². The summed E-state index contributed by atoms with van der Waals surface area (Å²) >= 11 is 0. The van der Waals surface area contributed by atoms with Crippen molar-refractivity contribution in [2.45, 2.75) is 65.2 Å². The average molecular weight is 230 g/mol. The Kier molecular flexibility index (Phi) is 4.25. The van der Waals surface area contributed by atoms with Crippen molar-refractivity contribution in [1.82, 2.24) is 0 Å². The van der Waals surface area contributed by atoms with Gasteiger partial charge in [0.15, 0.2) is 0 Å². The van der Waals surface area contributed by atoms with E-state index in [0.717, 1.165) is 5.92 Å². The molecule has 0 spiro atoms. The van der Waals surface area contributed by atoms with Crippen molar-refractivity contribution in [3.8, 4) is 0 Å². The van der Waals surface area contributed by atoms with Crippen molar-refractivity contribution in [3.63, 3.8) is 0 Å². The molecule has 0 heterocycles. The number of hydrogen-bond donors (Lipinski definition) is 0. The molecule has 0 bridgehead atoms. The molecule has 0 aromatic heterocycles. The molecular weight excluding hydrogens is 204 g/mol. The first-order chi connectivity index (χ1) is 8.16. The normalized spacial score (nSPS) is 17.6. The average Bonchev–Trinajstić information content (AvgIpc) is 2.32.